The summed E-state index contributed by atoms with van der Waals surface area (Å²) < 4.78 is 1.42. The van der Waals surface area contributed by atoms with Gasteiger partial charge in [0.15, 0.2) is 0 Å². The van der Waals surface area contributed by atoms with E-state index in [9.17, 15) is 19.2 Å². The van der Waals surface area contributed by atoms with Gasteiger partial charge < -0.3 is 4.90 Å². The van der Waals surface area contributed by atoms with Crippen LogP contribution in [0.4, 0.5) is 10.6 Å². The van der Waals surface area contributed by atoms with Gasteiger partial charge in [0, 0.05) is 44.9 Å². The Morgan fingerprint density at radius 1 is 1.00 bits per heavy atom. The summed E-state index contributed by atoms with van der Waals surface area (Å²) in [6.07, 6.45) is 2.96. The summed E-state index contributed by atoms with van der Waals surface area (Å²) in [6, 6.07) is 2.94. The van der Waals surface area contributed by atoms with E-state index in [0.29, 0.717) is 24.6 Å². The molecule has 0 unspecified atom stereocenters. The van der Waals surface area contributed by atoms with Gasteiger partial charge in [0.05, 0.1) is 5.56 Å². The molecule has 2 aromatic rings. The molecule has 2 aromatic heterocycles. The summed E-state index contributed by atoms with van der Waals surface area (Å²) in [7, 11) is 2.61. The summed E-state index contributed by atoms with van der Waals surface area (Å²) in [5.41, 5.74) is 0.928. The molecule has 0 atom stereocenters. The predicted molar refractivity (Wildman–Crippen MR) is 115 cm³/mol. The van der Waals surface area contributed by atoms with E-state index in [2.05, 4.69) is 4.98 Å². The van der Waals surface area contributed by atoms with Crippen molar-refractivity contribution in [3.05, 3.63) is 45.4 Å². The second-order valence-electron chi connectivity index (χ2n) is 7.26. The number of thioether (sulfide) groups is 1. The lowest BCUT2D eigenvalue weighted by molar-refractivity contribution is -0.134. The van der Waals surface area contributed by atoms with Gasteiger partial charge in [0.1, 0.15) is 17.0 Å². The molecule has 2 aliphatic heterocycles. The number of likely N-dealkylation sites (N-methyl/N-ethyl adjacent to an activating group) is 2. The number of hydrogen-bond donors (Lipinski definition) is 0. The molecule has 0 spiro atoms. The average molecular weight is 427 g/mol. The molecule has 2 saturated heterocycles. The zero-order valence-electron chi connectivity index (χ0n) is 16.9. The highest BCUT2D eigenvalue weighted by atomic mass is 32.2. The van der Waals surface area contributed by atoms with Crippen molar-refractivity contribution in [2.45, 2.75) is 6.92 Å². The first-order chi connectivity index (χ1) is 14.3. The summed E-state index contributed by atoms with van der Waals surface area (Å²) >= 11 is 1.82. The molecule has 0 N–H and O–H groups in total. The molecular weight excluding hydrogens is 406 g/mol. The van der Waals surface area contributed by atoms with Crippen LogP contribution in [-0.2, 0) is 9.59 Å². The van der Waals surface area contributed by atoms with E-state index in [-0.39, 0.29) is 16.7 Å². The summed E-state index contributed by atoms with van der Waals surface area (Å²) in [5.74, 6) is 0.749. The molecule has 0 saturated carbocycles. The molecule has 2 aliphatic rings. The number of barbiturate groups is 1. The Morgan fingerprint density at radius 2 is 1.63 bits per heavy atom. The highest BCUT2D eigenvalue weighted by molar-refractivity contribution is 7.99. The molecule has 30 heavy (non-hydrogen) atoms. The van der Waals surface area contributed by atoms with Crippen molar-refractivity contribution >= 4 is 47.1 Å². The first-order valence-corrected chi connectivity index (χ1v) is 10.6. The normalized spacial score (nSPS) is 17.9. The van der Waals surface area contributed by atoms with Gasteiger partial charge in [0.2, 0.25) is 0 Å². The van der Waals surface area contributed by atoms with Crippen LogP contribution in [-0.4, -0.2) is 75.7 Å². The molecule has 0 radical (unpaired) electrons. The standard InChI is InChI=1S/C20H21N5O4S/c1-12-4-5-15-21-16(24-6-8-30-9-7-24)13(19(28)25(15)11-12)10-14-17(26)22(2)20(29)23(3)18(14)27/h4-5,10-11H,6-9H2,1-3H3. The van der Waals surface area contributed by atoms with E-state index in [1.807, 2.05) is 29.7 Å². The Labute approximate surface area is 177 Å². The van der Waals surface area contributed by atoms with Crippen molar-refractivity contribution in [3.63, 3.8) is 0 Å². The van der Waals surface area contributed by atoms with Crippen LogP contribution in [0.25, 0.3) is 11.7 Å². The number of carbonyl (C=O) groups excluding carboxylic acids is 3. The average Bonchev–Trinajstić information content (AvgIpc) is 2.76. The van der Waals surface area contributed by atoms with Crippen LogP contribution in [0.2, 0.25) is 0 Å². The fraction of sp³-hybridized carbons (Fsp3) is 0.350. The Hall–Kier alpha value is -3.14. The summed E-state index contributed by atoms with van der Waals surface area (Å²) in [6.45, 7) is 3.27. The monoisotopic (exact) mass is 427 g/mol. The number of nitrogens with zero attached hydrogens (tertiary/aromatic N) is 5. The van der Waals surface area contributed by atoms with Crippen LogP contribution in [0.1, 0.15) is 11.1 Å². The third-order valence-electron chi connectivity index (χ3n) is 5.23. The van der Waals surface area contributed by atoms with Gasteiger partial charge in [-0.2, -0.15) is 11.8 Å². The fourth-order valence-electron chi connectivity index (χ4n) is 3.51. The minimum absolute atomic E-state index is 0.165. The predicted octanol–water partition coefficient (Wildman–Crippen LogP) is 0.990. The van der Waals surface area contributed by atoms with Gasteiger partial charge >= 0.3 is 6.03 Å². The van der Waals surface area contributed by atoms with Crippen LogP contribution in [0.5, 0.6) is 0 Å². The van der Waals surface area contributed by atoms with Crippen LogP contribution >= 0.6 is 11.8 Å². The molecule has 0 aromatic carbocycles. The Kier molecular flexibility index (Phi) is 5.10. The molecule has 2 fully saturated rings. The van der Waals surface area contributed by atoms with Gasteiger partial charge in [0.25, 0.3) is 17.4 Å². The lowest BCUT2D eigenvalue weighted by Crippen LogP contribution is -2.53. The van der Waals surface area contributed by atoms with E-state index in [4.69, 9.17) is 0 Å². The minimum atomic E-state index is -0.739. The number of anilines is 1. The Morgan fingerprint density at radius 3 is 2.27 bits per heavy atom. The van der Waals surface area contributed by atoms with Crippen LogP contribution < -0.4 is 10.5 Å². The number of carbonyl (C=O) groups is 3. The minimum Gasteiger partial charge on any atom is -0.354 e. The quantitative estimate of drug-likeness (QED) is 0.521. The van der Waals surface area contributed by atoms with E-state index in [1.165, 1.54) is 24.6 Å². The van der Waals surface area contributed by atoms with Crippen molar-refractivity contribution < 1.29 is 14.4 Å². The maximum absolute atomic E-state index is 13.4. The molecule has 4 heterocycles. The smallest absolute Gasteiger partial charge is 0.333 e. The fourth-order valence-corrected chi connectivity index (χ4v) is 4.41. The molecule has 4 amide bonds. The zero-order valence-corrected chi connectivity index (χ0v) is 17.7. The zero-order chi connectivity index (χ0) is 21.6. The number of rotatable bonds is 2. The lowest BCUT2D eigenvalue weighted by atomic mass is 10.1. The van der Waals surface area contributed by atoms with E-state index in [1.54, 1.807) is 12.3 Å². The van der Waals surface area contributed by atoms with E-state index >= 15 is 0 Å². The number of hydrogen-bond acceptors (Lipinski definition) is 7. The maximum atomic E-state index is 13.4. The summed E-state index contributed by atoms with van der Waals surface area (Å²) in [5, 5.41) is 0. The van der Waals surface area contributed by atoms with Crippen molar-refractivity contribution in [2.75, 3.05) is 43.6 Å². The maximum Gasteiger partial charge on any atom is 0.333 e. The van der Waals surface area contributed by atoms with Gasteiger partial charge in [-0.15, -0.1) is 0 Å². The molecule has 9 nitrogen and oxygen atoms in total. The van der Waals surface area contributed by atoms with Crippen molar-refractivity contribution in [1.29, 1.82) is 0 Å². The Bertz CT molecular complexity index is 1140. The Balaban J connectivity index is 1.96. The number of aryl methyl sites for hydroxylation is 1. The third kappa shape index (κ3) is 3.26. The number of pyridine rings is 1. The molecular formula is C20H21N5O4S. The first-order valence-electron chi connectivity index (χ1n) is 9.47. The van der Waals surface area contributed by atoms with Gasteiger partial charge in [-0.25, -0.2) is 9.78 Å². The summed E-state index contributed by atoms with van der Waals surface area (Å²) in [4.78, 5) is 59.1. The molecule has 0 aliphatic carbocycles. The second-order valence-corrected chi connectivity index (χ2v) is 8.48. The number of amides is 4. The highest BCUT2D eigenvalue weighted by Crippen LogP contribution is 2.25. The first kappa shape index (κ1) is 20.1. The number of fused-ring (bicyclic) bond motifs is 1. The van der Waals surface area contributed by atoms with Crippen LogP contribution in [0, 0.1) is 6.92 Å². The molecule has 0 bridgehead atoms. The van der Waals surface area contributed by atoms with Crippen molar-refractivity contribution in [1.82, 2.24) is 19.2 Å². The number of imide groups is 2. The molecule has 10 heteroatoms. The topological polar surface area (TPSA) is 95.3 Å². The largest absolute Gasteiger partial charge is 0.354 e. The van der Waals surface area contributed by atoms with Gasteiger partial charge in [-0.3, -0.25) is 28.6 Å². The lowest BCUT2D eigenvalue weighted by Gasteiger charge is -2.30. The second kappa shape index (κ2) is 7.60. The van der Waals surface area contributed by atoms with Gasteiger partial charge in [-0.05, 0) is 24.6 Å². The van der Waals surface area contributed by atoms with E-state index < -0.39 is 17.8 Å². The van der Waals surface area contributed by atoms with Crippen molar-refractivity contribution in [3.8, 4) is 0 Å². The van der Waals surface area contributed by atoms with Gasteiger partial charge in [-0.1, -0.05) is 6.07 Å². The van der Waals surface area contributed by atoms with Crippen molar-refractivity contribution in [2.24, 2.45) is 0 Å². The number of aromatic nitrogens is 2. The van der Waals surface area contributed by atoms with Crippen LogP contribution in [0.15, 0.2) is 28.7 Å². The van der Waals surface area contributed by atoms with E-state index in [0.717, 1.165) is 26.9 Å². The SMILES string of the molecule is Cc1ccc2nc(N3CCSCC3)c(C=C3C(=O)N(C)C(=O)N(C)C3=O)c(=O)n2c1. The van der Waals surface area contributed by atoms with Crippen LogP contribution in [0.3, 0.4) is 0 Å². The number of urea groups is 1. The third-order valence-corrected chi connectivity index (χ3v) is 6.17. The molecule has 156 valence electrons. The molecule has 4 rings (SSSR count). The highest BCUT2D eigenvalue weighted by Gasteiger charge is 2.38.